The van der Waals surface area contributed by atoms with E-state index in [9.17, 15) is 4.79 Å². The quantitative estimate of drug-likeness (QED) is 0.688. The maximum absolute atomic E-state index is 12.8. The van der Waals surface area contributed by atoms with Crippen LogP contribution in [0.25, 0.3) is 10.9 Å². The molecule has 2 fully saturated rings. The van der Waals surface area contributed by atoms with Gasteiger partial charge in [-0.1, -0.05) is 0 Å². The van der Waals surface area contributed by atoms with Gasteiger partial charge in [0.1, 0.15) is 0 Å². The molecule has 30 heavy (non-hydrogen) atoms. The highest BCUT2D eigenvalue weighted by atomic mass is 32.1. The van der Waals surface area contributed by atoms with Crippen molar-refractivity contribution in [3.63, 3.8) is 0 Å². The van der Waals surface area contributed by atoms with Gasteiger partial charge in [-0.2, -0.15) is 0 Å². The zero-order chi connectivity index (χ0) is 21.1. The number of nitrogens with zero attached hydrogens (tertiary/aromatic N) is 1. The minimum Gasteiger partial charge on any atom is -0.376 e. The molecule has 4 rings (SSSR count). The minimum atomic E-state index is -0.0648. The number of thiocarbonyl (C=S) groups is 1. The number of hydrogen-bond acceptors (Lipinski definition) is 4. The zero-order valence-corrected chi connectivity index (χ0v) is 18.6. The molecule has 0 saturated carbocycles. The van der Waals surface area contributed by atoms with Gasteiger partial charge in [0.15, 0.2) is 5.11 Å². The second-order valence-electron chi connectivity index (χ2n) is 8.48. The summed E-state index contributed by atoms with van der Waals surface area (Å²) < 4.78 is 11.5. The van der Waals surface area contributed by atoms with Crippen LogP contribution in [-0.4, -0.2) is 53.5 Å². The van der Waals surface area contributed by atoms with Gasteiger partial charge < -0.3 is 24.7 Å². The van der Waals surface area contributed by atoms with E-state index in [-0.39, 0.29) is 17.8 Å². The molecule has 162 valence electrons. The van der Waals surface area contributed by atoms with Crippen LogP contribution in [0.4, 0.5) is 0 Å². The summed E-state index contributed by atoms with van der Waals surface area (Å²) in [5, 5.41) is 5.05. The van der Waals surface area contributed by atoms with Gasteiger partial charge in [-0.15, -0.1) is 0 Å². The lowest BCUT2D eigenvalue weighted by Gasteiger charge is -2.28. The van der Waals surface area contributed by atoms with Gasteiger partial charge in [0.25, 0.3) is 5.56 Å². The Balaban J connectivity index is 1.53. The average molecular weight is 430 g/mol. The number of aromatic nitrogens is 1. The third kappa shape index (κ3) is 5.02. The Bertz CT molecular complexity index is 962. The lowest BCUT2D eigenvalue weighted by Crippen LogP contribution is -2.45. The van der Waals surface area contributed by atoms with Crippen LogP contribution in [0.2, 0.25) is 0 Å². The summed E-state index contributed by atoms with van der Waals surface area (Å²) in [6.45, 7) is 7.61. The summed E-state index contributed by atoms with van der Waals surface area (Å²) in [6.07, 6.45) is 4.62. The molecule has 1 aromatic carbocycles. The molecule has 2 aliphatic heterocycles. The van der Waals surface area contributed by atoms with Gasteiger partial charge in [0, 0.05) is 37.4 Å². The number of pyridine rings is 1. The van der Waals surface area contributed by atoms with Crippen molar-refractivity contribution in [2.24, 2.45) is 0 Å². The fraction of sp³-hybridized carbons (Fsp3) is 0.565. The SMILES string of the molecule is Cc1cc2cc(CN(CC3CCCO3)C(=S)NCC3CCCO3)c(=O)[nH]c2cc1C. The summed E-state index contributed by atoms with van der Waals surface area (Å²) in [6, 6.07) is 6.15. The van der Waals surface area contributed by atoms with Gasteiger partial charge in [0.2, 0.25) is 0 Å². The number of fused-ring (bicyclic) bond motifs is 1. The van der Waals surface area contributed by atoms with Crippen LogP contribution in [0, 0.1) is 13.8 Å². The first-order valence-electron chi connectivity index (χ1n) is 10.9. The molecule has 1 aromatic heterocycles. The summed E-state index contributed by atoms with van der Waals surface area (Å²) in [5.74, 6) is 0. The molecule has 0 aliphatic carbocycles. The topological polar surface area (TPSA) is 66.6 Å². The Morgan fingerprint density at radius 2 is 1.83 bits per heavy atom. The van der Waals surface area contributed by atoms with E-state index >= 15 is 0 Å². The molecule has 2 saturated heterocycles. The number of hydrogen-bond donors (Lipinski definition) is 2. The highest BCUT2D eigenvalue weighted by Gasteiger charge is 2.23. The van der Waals surface area contributed by atoms with Crippen LogP contribution in [0.1, 0.15) is 42.4 Å². The third-order valence-electron chi connectivity index (χ3n) is 6.14. The maximum atomic E-state index is 12.8. The zero-order valence-electron chi connectivity index (χ0n) is 17.8. The third-order valence-corrected chi connectivity index (χ3v) is 6.54. The van der Waals surface area contributed by atoms with E-state index in [1.807, 2.05) is 12.1 Å². The first-order valence-corrected chi connectivity index (χ1v) is 11.3. The summed E-state index contributed by atoms with van der Waals surface area (Å²) >= 11 is 5.71. The first-order chi connectivity index (χ1) is 14.5. The van der Waals surface area contributed by atoms with Crippen LogP contribution in [-0.2, 0) is 16.0 Å². The second kappa shape index (κ2) is 9.45. The fourth-order valence-corrected chi connectivity index (χ4v) is 4.44. The van der Waals surface area contributed by atoms with Crippen LogP contribution in [0.3, 0.4) is 0 Å². The fourth-order valence-electron chi connectivity index (χ4n) is 4.22. The monoisotopic (exact) mass is 429 g/mol. The Hall–Kier alpha value is -1.96. The molecule has 6 nitrogen and oxygen atoms in total. The lowest BCUT2D eigenvalue weighted by atomic mass is 10.0. The standard InChI is InChI=1S/C23H31N3O3S/c1-15-9-17-11-18(22(27)25-21(17)10-16(15)2)13-26(14-20-6-4-8-29-20)23(30)24-12-19-5-3-7-28-19/h9-11,19-20H,3-8,12-14H2,1-2H3,(H,24,30)(H,25,27). The van der Waals surface area contributed by atoms with Crippen molar-refractivity contribution >= 4 is 28.2 Å². The van der Waals surface area contributed by atoms with Crippen molar-refractivity contribution in [2.75, 3.05) is 26.3 Å². The van der Waals surface area contributed by atoms with E-state index in [0.29, 0.717) is 30.3 Å². The molecule has 2 N–H and O–H groups in total. The molecule has 0 bridgehead atoms. The van der Waals surface area contributed by atoms with Gasteiger partial charge in [-0.05, 0) is 86.5 Å². The van der Waals surface area contributed by atoms with Gasteiger partial charge >= 0.3 is 0 Å². The Labute approximate surface area is 182 Å². The molecule has 0 radical (unpaired) electrons. The van der Waals surface area contributed by atoms with Gasteiger partial charge in [-0.25, -0.2) is 0 Å². The van der Waals surface area contributed by atoms with E-state index < -0.39 is 0 Å². The van der Waals surface area contributed by atoms with E-state index in [1.165, 1.54) is 11.1 Å². The molecular weight excluding hydrogens is 398 g/mol. The molecule has 2 atom stereocenters. The van der Waals surface area contributed by atoms with Crippen molar-refractivity contribution in [1.82, 2.24) is 15.2 Å². The molecule has 0 spiro atoms. The molecule has 0 amide bonds. The van der Waals surface area contributed by atoms with E-state index in [2.05, 4.69) is 35.1 Å². The number of nitrogens with one attached hydrogen (secondary N) is 2. The van der Waals surface area contributed by atoms with Crippen molar-refractivity contribution in [2.45, 2.75) is 58.3 Å². The summed E-state index contributed by atoms with van der Waals surface area (Å²) in [7, 11) is 0. The summed E-state index contributed by atoms with van der Waals surface area (Å²) in [5.41, 5.74) is 3.91. The van der Waals surface area contributed by atoms with Crippen LogP contribution in [0.5, 0.6) is 0 Å². The number of aromatic amines is 1. The summed E-state index contributed by atoms with van der Waals surface area (Å²) in [4.78, 5) is 17.9. The number of aryl methyl sites for hydroxylation is 2. The Kier molecular flexibility index (Phi) is 6.71. The highest BCUT2D eigenvalue weighted by molar-refractivity contribution is 7.80. The van der Waals surface area contributed by atoms with Crippen LogP contribution < -0.4 is 10.9 Å². The molecule has 3 heterocycles. The normalized spacial score (nSPS) is 21.3. The van der Waals surface area contributed by atoms with E-state index in [0.717, 1.165) is 49.8 Å². The van der Waals surface area contributed by atoms with E-state index in [1.54, 1.807) is 0 Å². The smallest absolute Gasteiger partial charge is 0.253 e. The molecular formula is C23H31N3O3S. The van der Waals surface area contributed by atoms with E-state index in [4.69, 9.17) is 21.7 Å². The number of rotatable bonds is 6. The second-order valence-corrected chi connectivity index (χ2v) is 8.87. The minimum absolute atomic E-state index is 0.0648. The number of benzene rings is 1. The lowest BCUT2D eigenvalue weighted by molar-refractivity contribution is 0.0885. The maximum Gasteiger partial charge on any atom is 0.253 e. The van der Waals surface area contributed by atoms with Crippen molar-refractivity contribution in [1.29, 1.82) is 0 Å². The molecule has 2 aromatic rings. The van der Waals surface area contributed by atoms with Crippen LogP contribution in [0.15, 0.2) is 23.0 Å². The molecule has 2 unspecified atom stereocenters. The van der Waals surface area contributed by atoms with Gasteiger partial charge in [0.05, 0.1) is 18.8 Å². The molecule has 2 aliphatic rings. The largest absolute Gasteiger partial charge is 0.376 e. The Morgan fingerprint density at radius 1 is 1.13 bits per heavy atom. The number of H-pyrrole nitrogens is 1. The predicted octanol–water partition coefficient (Wildman–Crippen LogP) is 3.18. The molecule has 7 heteroatoms. The Morgan fingerprint density at radius 3 is 2.53 bits per heavy atom. The van der Waals surface area contributed by atoms with Gasteiger partial charge in [-0.3, -0.25) is 4.79 Å². The van der Waals surface area contributed by atoms with Crippen molar-refractivity contribution in [3.05, 3.63) is 45.2 Å². The average Bonchev–Trinajstić information content (AvgIpc) is 3.42. The highest BCUT2D eigenvalue weighted by Crippen LogP contribution is 2.19. The number of ether oxygens (including phenoxy) is 2. The first kappa shape index (κ1) is 21.3. The van der Waals surface area contributed by atoms with Crippen molar-refractivity contribution in [3.8, 4) is 0 Å². The predicted molar refractivity (Wildman–Crippen MR) is 123 cm³/mol. The van der Waals surface area contributed by atoms with Crippen LogP contribution >= 0.6 is 12.2 Å². The van der Waals surface area contributed by atoms with Crippen molar-refractivity contribution < 1.29 is 9.47 Å².